The first-order valence-electron chi connectivity index (χ1n) is 8.23. The molecule has 2 aromatic rings. The lowest BCUT2D eigenvalue weighted by Gasteiger charge is -2.20. The quantitative estimate of drug-likeness (QED) is 0.815. The first-order chi connectivity index (χ1) is 11.3. The van der Waals surface area contributed by atoms with E-state index in [4.69, 9.17) is 0 Å². The summed E-state index contributed by atoms with van der Waals surface area (Å²) in [4.78, 5) is 26.8. The van der Waals surface area contributed by atoms with Crippen LogP contribution in [0.1, 0.15) is 34.5 Å². The molecular formula is C19H23N3O2. The van der Waals surface area contributed by atoms with Crippen molar-refractivity contribution in [1.82, 2.24) is 9.78 Å². The van der Waals surface area contributed by atoms with Crippen LogP contribution in [-0.2, 0) is 16.1 Å². The van der Waals surface area contributed by atoms with Crippen molar-refractivity contribution in [3.63, 3.8) is 0 Å². The van der Waals surface area contributed by atoms with Gasteiger partial charge in [0, 0.05) is 12.1 Å². The van der Waals surface area contributed by atoms with Crippen LogP contribution in [0.25, 0.3) is 0 Å². The monoisotopic (exact) mass is 325 g/mol. The van der Waals surface area contributed by atoms with Crippen molar-refractivity contribution in [2.45, 2.75) is 47.6 Å². The Balaban J connectivity index is 1.91. The fraction of sp³-hybridized carbons (Fsp3) is 0.421. The van der Waals surface area contributed by atoms with E-state index in [1.54, 1.807) is 0 Å². The van der Waals surface area contributed by atoms with Crippen molar-refractivity contribution in [1.29, 1.82) is 0 Å². The van der Waals surface area contributed by atoms with E-state index in [1.807, 2.05) is 57.5 Å². The highest BCUT2D eigenvalue weighted by Crippen LogP contribution is 2.33. The molecule has 0 bridgehead atoms. The third kappa shape index (κ3) is 2.75. The van der Waals surface area contributed by atoms with Crippen molar-refractivity contribution < 1.29 is 9.59 Å². The molecule has 0 aliphatic carbocycles. The number of aromatic nitrogens is 2. The predicted octanol–water partition coefficient (Wildman–Crippen LogP) is 3.00. The summed E-state index contributed by atoms with van der Waals surface area (Å²) in [7, 11) is 0. The summed E-state index contributed by atoms with van der Waals surface area (Å²) >= 11 is 0. The van der Waals surface area contributed by atoms with Gasteiger partial charge in [0.2, 0.25) is 11.8 Å². The van der Waals surface area contributed by atoms with Crippen LogP contribution in [0.3, 0.4) is 0 Å². The average molecular weight is 325 g/mol. The molecule has 1 aromatic carbocycles. The number of carbonyl (C=O) groups is 2. The number of amides is 2. The van der Waals surface area contributed by atoms with Crippen LogP contribution in [0.5, 0.6) is 0 Å². The molecule has 1 aliphatic rings. The Morgan fingerprint density at radius 2 is 1.67 bits per heavy atom. The SMILES string of the molecule is Cc1cc(C)c(N2C(=O)C[C@H](Cn3nc(C)cc3C)C2=O)c(C)c1. The minimum absolute atomic E-state index is 0.123. The molecule has 126 valence electrons. The zero-order chi connectivity index (χ0) is 17.6. The molecule has 2 heterocycles. The van der Waals surface area contributed by atoms with E-state index < -0.39 is 0 Å². The summed E-state index contributed by atoms with van der Waals surface area (Å²) < 4.78 is 1.82. The first-order valence-corrected chi connectivity index (χ1v) is 8.23. The van der Waals surface area contributed by atoms with Gasteiger partial charge in [0.15, 0.2) is 0 Å². The van der Waals surface area contributed by atoms with E-state index in [9.17, 15) is 9.59 Å². The Bertz CT molecular complexity index is 812. The zero-order valence-electron chi connectivity index (χ0n) is 14.9. The molecule has 0 spiro atoms. The Kier molecular flexibility index (Phi) is 4.03. The van der Waals surface area contributed by atoms with Crippen LogP contribution in [0.15, 0.2) is 18.2 Å². The number of anilines is 1. The predicted molar refractivity (Wildman–Crippen MR) is 93.0 cm³/mol. The van der Waals surface area contributed by atoms with Crippen LogP contribution in [0.2, 0.25) is 0 Å². The second kappa shape index (κ2) is 5.89. The third-order valence-corrected chi connectivity index (χ3v) is 4.60. The number of rotatable bonds is 3. The van der Waals surface area contributed by atoms with Gasteiger partial charge in [-0.1, -0.05) is 17.7 Å². The molecule has 1 fully saturated rings. The Morgan fingerprint density at radius 1 is 1.04 bits per heavy atom. The van der Waals surface area contributed by atoms with Crippen LogP contribution in [0.4, 0.5) is 5.69 Å². The van der Waals surface area contributed by atoms with Gasteiger partial charge in [-0.25, -0.2) is 4.90 Å². The van der Waals surface area contributed by atoms with Gasteiger partial charge in [-0.15, -0.1) is 0 Å². The Hall–Kier alpha value is -2.43. The molecule has 5 heteroatoms. The molecule has 0 radical (unpaired) electrons. The lowest BCUT2D eigenvalue weighted by Crippen LogP contribution is -2.32. The summed E-state index contributed by atoms with van der Waals surface area (Å²) in [6, 6.07) is 6.00. The number of nitrogens with zero attached hydrogens (tertiary/aromatic N) is 3. The molecule has 0 saturated carbocycles. The van der Waals surface area contributed by atoms with Crippen molar-refractivity contribution in [2.75, 3.05) is 4.90 Å². The lowest BCUT2D eigenvalue weighted by molar-refractivity contribution is -0.122. The van der Waals surface area contributed by atoms with Gasteiger partial charge in [0.1, 0.15) is 0 Å². The van der Waals surface area contributed by atoms with Gasteiger partial charge in [-0.05, 0) is 51.8 Å². The highest BCUT2D eigenvalue weighted by atomic mass is 16.2. The number of hydrogen-bond donors (Lipinski definition) is 0. The summed E-state index contributed by atoms with van der Waals surface area (Å²) in [6.45, 7) is 10.3. The molecule has 1 atom stereocenters. The molecule has 24 heavy (non-hydrogen) atoms. The Labute approximate surface area is 142 Å². The van der Waals surface area contributed by atoms with E-state index >= 15 is 0 Å². The van der Waals surface area contributed by atoms with Crippen molar-refractivity contribution in [3.8, 4) is 0 Å². The molecule has 1 saturated heterocycles. The lowest BCUT2D eigenvalue weighted by atomic mass is 10.0. The largest absolute Gasteiger partial charge is 0.274 e. The Morgan fingerprint density at radius 3 is 2.21 bits per heavy atom. The highest BCUT2D eigenvalue weighted by molar-refractivity contribution is 6.21. The zero-order valence-corrected chi connectivity index (χ0v) is 14.9. The number of aryl methyl sites for hydroxylation is 5. The summed E-state index contributed by atoms with van der Waals surface area (Å²) in [5.41, 5.74) is 5.72. The fourth-order valence-electron chi connectivity index (χ4n) is 3.67. The van der Waals surface area contributed by atoms with Gasteiger partial charge in [0.05, 0.1) is 23.8 Å². The second-order valence-corrected chi connectivity index (χ2v) is 6.82. The topological polar surface area (TPSA) is 55.2 Å². The van der Waals surface area contributed by atoms with E-state index in [0.717, 1.165) is 33.8 Å². The number of carbonyl (C=O) groups excluding carboxylic acids is 2. The maximum Gasteiger partial charge on any atom is 0.239 e. The summed E-state index contributed by atoms with van der Waals surface area (Å²) in [5.74, 6) is -0.597. The van der Waals surface area contributed by atoms with Gasteiger partial charge in [0.25, 0.3) is 0 Å². The number of hydrogen-bond acceptors (Lipinski definition) is 3. The fourth-order valence-corrected chi connectivity index (χ4v) is 3.67. The minimum atomic E-state index is -0.351. The highest BCUT2D eigenvalue weighted by Gasteiger charge is 2.41. The molecule has 1 aromatic heterocycles. The smallest absolute Gasteiger partial charge is 0.239 e. The van der Waals surface area contributed by atoms with E-state index in [-0.39, 0.29) is 24.2 Å². The van der Waals surface area contributed by atoms with Crippen LogP contribution < -0.4 is 4.90 Å². The summed E-state index contributed by atoms with van der Waals surface area (Å²) in [5, 5.41) is 4.41. The third-order valence-electron chi connectivity index (χ3n) is 4.60. The van der Waals surface area contributed by atoms with Gasteiger partial charge < -0.3 is 0 Å². The van der Waals surface area contributed by atoms with E-state index in [1.165, 1.54) is 4.90 Å². The van der Waals surface area contributed by atoms with Crippen LogP contribution in [0, 0.1) is 40.5 Å². The van der Waals surface area contributed by atoms with E-state index in [0.29, 0.717) is 6.54 Å². The molecule has 5 nitrogen and oxygen atoms in total. The van der Waals surface area contributed by atoms with Gasteiger partial charge >= 0.3 is 0 Å². The molecular weight excluding hydrogens is 302 g/mol. The molecule has 0 N–H and O–H groups in total. The molecule has 0 unspecified atom stereocenters. The molecule has 1 aliphatic heterocycles. The van der Waals surface area contributed by atoms with Gasteiger partial charge in [-0.3, -0.25) is 14.3 Å². The first kappa shape index (κ1) is 16.4. The van der Waals surface area contributed by atoms with Crippen LogP contribution in [-0.4, -0.2) is 21.6 Å². The second-order valence-electron chi connectivity index (χ2n) is 6.82. The normalized spacial score (nSPS) is 17.9. The molecule has 3 rings (SSSR count). The van der Waals surface area contributed by atoms with Gasteiger partial charge in [-0.2, -0.15) is 5.10 Å². The average Bonchev–Trinajstić information content (AvgIpc) is 2.91. The van der Waals surface area contributed by atoms with Crippen molar-refractivity contribution in [2.24, 2.45) is 5.92 Å². The number of benzene rings is 1. The maximum absolute atomic E-state index is 12.9. The molecule has 2 amide bonds. The standard InChI is InChI=1S/C19H23N3O2/c1-11-6-12(2)18(13(3)7-11)22-17(23)9-16(19(22)24)10-21-15(5)8-14(4)20-21/h6-8,16H,9-10H2,1-5H3/t16-/m1/s1. The minimum Gasteiger partial charge on any atom is -0.274 e. The number of imide groups is 1. The summed E-state index contributed by atoms with van der Waals surface area (Å²) in [6.07, 6.45) is 0.240. The van der Waals surface area contributed by atoms with Crippen LogP contribution >= 0.6 is 0 Å². The van der Waals surface area contributed by atoms with Crippen molar-refractivity contribution >= 4 is 17.5 Å². The van der Waals surface area contributed by atoms with E-state index in [2.05, 4.69) is 5.10 Å². The maximum atomic E-state index is 12.9. The van der Waals surface area contributed by atoms with Crippen molar-refractivity contribution in [3.05, 3.63) is 46.3 Å².